The topological polar surface area (TPSA) is 42.0 Å². The first-order valence-corrected chi connectivity index (χ1v) is 6.65. The summed E-state index contributed by atoms with van der Waals surface area (Å²) in [6.07, 6.45) is 3.25. The molecule has 0 bridgehead atoms. The molecule has 1 aromatic carbocycles. The van der Waals surface area contributed by atoms with Gasteiger partial charge in [0, 0.05) is 5.69 Å². The highest BCUT2D eigenvalue weighted by Crippen LogP contribution is 2.29. The molecule has 0 atom stereocenters. The lowest BCUT2D eigenvalue weighted by atomic mass is 10.3. The van der Waals surface area contributed by atoms with Crippen molar-refractivity contribution in [2.24, 2.45) is 0 Å². The van der Waals surface area contributed by atoms with Crippen molar-refractivity contribution >= 4 is 44.9 Å². The Hall–Kier alpha value is -1.33. The fraction of sp³-hybridized carbons (Fsp3) is 0.0909. The van der Waals surface area contributed by atoms with Gasteiger partial charge in [-0.15, -0.1) is 11.3 Å². The minimum Gasteiger partial charge on any atom is -0.322 e. The van der Waals surface area contributed by atoms with E-state index in [2.05, 4.69) is 16.9 Å². The Morgan fingerprint density at radius 2 is 2.44 bits per heavy atom. The molecular formula is C11H10N2OS2. The summed E-state index contributed by atoms with van der Waals surface area (Å²) in [5, 5.41) is 2.73. The molecular weight excluding hydrogens is 240 g/mol. The summed E-state index contributed by atoms with van der Waals surface area (Å²) in [7, 11) is 0. The normalized spacial score (nSPS) is 10.3. The lowest BCUT2D eigenvalue weighted by Gasteiger charge is -2.00. The summed E-state index contributed by atoms with van der Waals surface area (Å²) >= 11 is 3.24. The molecule has 1 heterocycles. The van der Waals surface area contributed by atoms with E-state index in [0.29, 0.717) is 0 Å². The summed E-state index contributed by atoms with van der Waals surface area (Å²) in [5.74, 6) is -0.200. The Bertz CT molecular complexity index is 548. The first kappa shape index (κ1) is 11.2. The highest BCUT2D eigenvalue weighted by atomic mass is 32.2. The number of thioether (sulfide) groups is 1. The summed E-state index contributed by atoms with van der Waals surface area (Å²) in [5.41, 5.74) is 1.74. The van der Waals surface area contributed by atoms with Gasteiger partial charge in [0.05, 0.1) is 10.2 Å². The van der Waals surface area contributed by atoms with E-state index in [-0.39, 0.29) is 5.91 Å². The second kappa shape index (κ2) is 4.67. The SMILES string of the molecule is C=CC(=O)Nc1ccc2nc(SC)sc2c1. The molecule has 2 aromatic rings. The maximum absolute atomic E-state index is 11.1. The lowest BCUT2D eigenvalue weighted by Crippen LogP contribution is -2.06. The molecule has 1 amide bonds. The van der Waals surface area contributed by atoms with Crippen LogP contribution in [0.2, 0.25) is 0 Å². The van der Waals surface area contributed by atoms with Crippen LogP contribution in [-0.4, -0.2) is 17.1 Å². The summed E-state index contributed by atoms with van der Waals surface area (Å²) in [4.78, 5) is 15.6. The number of amides is 1. The zero-order valence-corrected chi connectivity index (χ0v) is 10.3. The van der Waals surface area contributed by atoms with Gasteiger partial charge in [0.2, 0.25) is 5.91 Å². The average molecular weight is 250 g/mol. The molecule has 0 aliphatic heterocycles. The minimum atomic E-state index is -0.200. The average Bonchev–Trinajstić information content (AvgIpc) is 2.71. The number of benzene rings is 1. The van der Waals surface area contributed by atoms with Gasteiger partial charge in [-0.05, 0) is 30.5 Å². The zero-order chi connectivity index (χ0) is 11.5. The van der Waals surface area contributed by atoms with E-state index in [4.69, 9.17) is 0 Å². The van der Waals surface area contributed by atoms with E-state index >= 15 is 0 Å². The number of hydrogen-bond donors (Lipinski definition) is 1. The number of aromatic nitrogens is 1. The highest BCUT2D eigenvalue weighted by Gasteiger charge is 2.04. The fourth-order valence-corrected chi connectivity index (χ4v) is 2.79. The maximum Gasteiger partial charge on any atom is 0.247 e. The van der Waals surface area contributed by atoms with Crippen LogP contribution in [0.15, 0.2) is 35.2 Å². The van der Waals surface area contributed by atoms with Crippen molar-refractivity contribution in [3.8, 4) is 0 Å². The molecule has 5 heteroatoms. The van der Waals surface area contributed by atoms with Crippen molar-refractivity contribution in [3.63, 3.8) is 0 Å². The van der Waals surface area contributed by atoms with Gasteiger partial charge < -0.3 is 5.32 Å². The smallest absolute Gasteiger partial charge is 0.247 e. The van der Waals surface area contributed by atoms with Crippen LogP contribution in [0.1, 0.15) is 0 Å². The Balaban J connectivity index is 2.35. The van der Waals surface area contributed by atoms with Crippen LogP contribution < -0.4 is 5.32 Å². The van der Waals surface area contributed by atoms with Crippen LogP contribution in [0.3, 0.4) is 0 Å². The van der Waals surface area contributed by atoms with Crippen LogP contribution in [0.4, 0.5) is 5.69 Å². The van der Waals surface area contributed by atoms with E-state index in [1.165, 1.54) is 6.08 Å². The third-order valence-electron chi connectivity index (χ3n) is 2.00. The van der Waals surface area contributed by atoms with Crippen molar-refractivity contribution < 1.29 is 4.79 Å². The predicted molar refractivity (Wildman–Crippen MR) is 70.2 cm³/mol. The molecule has 16 heavy (non-hydrogen) atoms. The van der Waals surface area contributed by atoms with Gasteiger partial charge in [-0.1, -0.05) is 18.3 Å². The van der Waals surface area contributed by atoms with Crippen LogP contribution in [0.25, 0.3) is 10.2 Å². The molecule has 0 aliphatic carbocycles. The molecule has 0 saturated heterocycles. The fourth-order valence-electron chi connectivity index (χ4n) is 1.26. The van der Waals surface area contributed by atoms with Crippen LogP contribution in [0, 0.1) is 0 Å². The number of fused-ring (bicyclic) bond motifs is 1. The Labute approximate surface area is 102 Å². The monoisotopic (exact) mass is 250 g/mol. The van der Waals surface area contributed by atoms with Gasteiger partial charge in [-0.2, -0.15) is 0 Å². The number of nitrogens with one attached hydrogen (secondary N) is 1. The number of nitrogens with zero attached hydrogens (tertiary/aromatic N) is 1. The number of carbonyl (C=O) groups is 1. The Morgan fingerprint density at radius 3 is 3.12 bits per heavy atom. The van der Waals surface area contributed by atoms with Gasteiger partial charge in [0.25, 0.3) is 0 Å². The van der Waals surface area contributed by atoms with Gasteiger partial charge in [0.1, 0.15) is 0 Å². The van der Waals surface area contributed by atoms with E-state index in [9.17, 15) is 4.79 Å². The van der Waals surface area contributed by atoms with E-state index in [0.717, 1.165) is 20.2 Å². The molecule has 1 N–H and O–H groups in total. The quantitative estimate of drug-likeness (QED) is 0.672. The van der Waals surface area contributed by atoms with Gasteiger partial charge in [-0.25, -0.2) is 4.98 Å². The van der Waals surface area contributed by atoms with Gasteiger partial charge in [0.15, 0.2) is 4.34 Å². The first-order valence-electron chi connectivity index (χ1n) is 4.61. The highest BCUT2D eigenvalue weighted by molar-refractivity contribution is 8.00. The van der Waals surface area contributed by atoms with E-state index < -0.39 is 0 Å². The number of rotatable bonds is 3. The van der Waals surface area contributed by atoms with Gasteiger partial charge in [-0.3, -0.25) is 4.79 Å². The summed E-state index contributed by atoms with van der Waals surface area (Å²) in [6, 6.07) is 5.67. The second-order valence-corrected chi connectivity index (χ2v) is 5.14. The van der Waals surface area contributed by atoms with E-state index in [1.807, 2.05) is 24.5 Å². The van der Waals surface area contributed by atoms with Crippen molar-refractivity contribution in [2.45, 2.75) is 4.34 Å². The second-order valence-electron chi connectivity index (χ2n) is 3.06. The van der Waals surface area contributed by atoms with Crippen LogP contribution in [-0.2, 0) is 4.79 Å². The molecule has 0 radical (unpaired) electrons. The van der Waals surface area contributed by atoms with Crippen molar-refractivity contribution in [2.75, 3.05) is 11.6 Å². The Kier molecular flexibility index (Phi) is 3.26. The number of hydrogen-bond acceptors (Lipinski definition) is 4. The molecule has 82 valence electrons. The molecule has 1 aromatic heterocycles. The molecule has 3 nitrogen and oxygen atoms in total. The summed E-state index contributed by atoms with van der Waals surface area (Å²) < 4.78 is 2.11. The molecule has 2 rings (SSSR count). The van der Waals surface area contributed by atoms with Crippen molar-refractivity contribution in [1.29, 1.82) is 0 Å². The predicted octanol–water partition coefficient (Wildman–Crippen LogP) is 3.14. The van der Waals surface area contributed by atoms with Gasteiger partial charge >= 0.3 is 0 Å². The first-order chi connectivity index (χ1) is 7.72. The molecule has 0 saturated carbocycles. The standard InChI is InChI=1S/C11H10N2OS2/c1-3-10(14)12-7-4-5-8-9(6-7)16-11(13-8)15-2/h3-6H,1H2,2H3,(H,12,14). The maximum atomic E-state index is 11.1. The number of carbonyl (C=O) groups excluding carboxylic acids is 1. The van der Waals surface area contributed by atoms with E-state index in [1.54, 1.807) is 23.1 Å². The molecule has 0 unspecified atom stereocenters. The minimum absolute atomic E-state index is 0.200. The summed E-state index contributed by atoms with van der Waals surface area (Å²) in [6.45, 7) is 3.41. The number of anilines is 1. The largest absolute Gasteiger partial charge is 0.322 e. The third-order valence-corrected chi connectivity index (χ3v) is 4.00. The lowest BCUT2D eigenvalue weighted by molar-refractivity contribution is -0.111. The third kappa shape index (κ3) is 2.25. The van der Waals surface area contributed by atoms with Crippen molar-refractivity contribution in [3.05, 3.63) is 30.9 Å². The Morgan fingerprint density at radius 1 is 1.62 bits per heavy atom. The molecule has 0 fully saturated rings. The molecule has 0 aliphatic rings. The van der Waals surface area contributed by atoms with Crippen molar-refractivity contribution in [1.82, 2.24) is 4.98 Å². The molecule has 0 spiro atoms. The van der Waals surface area contributed by atoms with Crippen LogP contribution >= 0.6 is 23.1 Å². The zero-order valence-electron chi connectivity index (χ0n) is 8.69. The van der Waals surface area contributed by atoms with Crippen LogP contribution in [0.5, 0.6) is 0 Å². The number of thiazole rings is 1.